The Labute approximate surface area is 77.2 Å². The molecule has 6 heteroatoms. The molecule has 0 saturated carbocycles. The van der Waals surface area contributed by atoms with Crippen molar-refractivity contribution in [2.24, 2.45) is 11.5 Å². The highest BCUT2D eigenvalue weighted by atomic mass is 16.2. The summed E-state index contributed by atoms with van der Waals surface area (Å²) in [7, 11) is 0. The van der Waals surface area contributed by atoms with Gasteiger partial charge in [0.05, 0.1) is 6.54 Å². The molecule has 0 aliphatic heterocycles. The monoisotopic (exact) mass is 188 g/mol. The van der Waals surface area contributed by atoms with Crippen LogP contribution in [0.1, 0.15) is 6.92 Å². The molecule has 0 rings (SSSR count). The molecule has 0 spiro atoms. The van der Waals surface area contributed by atoms with Crippen LogP contribution in [0.25, 0.3) is 0 Å². The van der Waals surface area contributed by atoms with Crippen LogP contribution in [-0.4, -0.2) is 43.0 Å². The number of urea groups is 1. The molecule has 0 fully saturated rings. The van der Waals surface area contributed by atoms with Crippen LogP contribution in [0.3, 0.4) is 0 Å². The third kappa shape index (κ3) is 6.06. The standard InChI is InChI=1S/C7H16N4O2/c1-2-11(4-3-8)5-6(12)10-7(9)13/h2-5,8H2,1H3,(H3,9,10,12,13). The predicted octanol–water partition coefficient (Wildman–Crippen LogP) is -1.54. The van der Waals surface area contributed by atoms with Gasteiger partial charge in [0, 0.05) is 13.1 Å². The highest BCUT2D eigenvalue weighted by molar-refractivity contribution is 5.94. The minimum atomic E-state index is -0.825. The second-order valence-electron chi connectivity index (χ2n) is 2.57. The highest BCUT2D eigenvalue weighted by Crippen LogP contribution is 1.84. The van der Waals surface area contributed by atoms with E-state index >= 15 is 0 Å². The molecule has 0 unspecified atom stereocenters. The number of primary amides is 1. The molecule has 0 aliphatic carbocycles. The molecule has 0 aromatic heterocycles. The van der Waals surface area contributed by atoms with Gasteiger partial charge < -0.3 is 11.5 Å². The topological polar surface area (TPSA) is 101 Å². The van der Waals surface area contributed by atoms with Gasteiger partial charge in [-0.3, -0.25) is 15.0 Å². The smallest absolute Gasteiger partial charge is 0.318 e. The summed E-state index contributed by atoms with van der Waals surface area (Å²) in [4.78, 5) is 23.1. The Morgan fingerprint density at radius 3 is 2.46 bits per heavy atom. The van der Waals surface area contributed by atoms with Crippen molar-refractivity contribution in [2.75, 3.05) is 26.2 Å². The van der Waals surface area contributed by atoms with Crippen molar-refractivity contribution < 1.29 is 9.59 Å². The minimum Gasteiger partial charge on any atom is -0.351 e. The summed E-state index contributed by atoms with van der Waals surface area (Å²) in [6, 6.07) is -0.825. The van der Waals surface area contributed by atoms with Crippen LogP contribution >= 0.6 is 0 Å². The lowest BCUT2D eigenvalue weighted by Gasteiger charge is -2.17. The van der Waals surface area contributed by atoms with E-state index in [-0.39, 0.29) is 6.54 Å². The van der Waals surface area contributed by atoms with Crippen molar-refractivity contribution in [3.05, 3.63) is 0 Å². The molecule has 0 aromatic rings. The number of hydrogen-bond donors (Lipinski definition) is 3. The van der Waals surface area contributed by atoms with Crippen molar-refractivity contribution in [2.45, 2.75) is 6.92 Å². The minimum absolute atomic E-state index is 0.149. The van der Waals surface area contributed by atoms with Gasteiger partial charge in [0.25, 0.3) is 0 Å². The fourth-order valence-electron chi connectivity index (χ4n) is 0.912. The maximum atomic E-state index is 11.0. The molecule has 3 amide bonds. The van der Waals surface area contributed by atoms with Crippen LogP contribution in [0.5, 0.6) is 0 Å². The summed E-state index contributed by atoms with van der Waals surface area (Å²) in [6.07, 6.45) is 0. The van der Waals surface area contributed by atoms with Crippen molar-refractivity contribution in [3.63, 3.8) is 0 Å². The van der Waals surface area contributed by atoms with Gasteiger partial charge in [-0.1, -0.05) is 6.92 Å². The van der Waals surface area contributed by atoms with Gasteiger partial charge in [-0.05, 0) is 6.54 Å². The first-order chi connectivity index (χ1) is 6.10. The SMILES string of the molecule is CCN(CCN)CC(=O)NC(N)=O. The highest BCUT2D eigenvalue weighted by Gasteiger charge is 2.08. The first kappa shape index (κ1) is 11.9. The summed E-state index contributed by atoms with van der Waals surface area (Å²) in [5, 5.41) is 1.98. The normalized spacial score (nSPS) is 10.1. The number of amides is 3. The van der Waals surface area contributed by atoms with Crippen LogP contribution in [0.4, 0.5) is 4.79 Å². The van der Waals surface area contributed by atoms with E-state index in [4.69, 9.17) is 11.5 Å². The van der Waals surface area contributed by atoms with Gasteiger partial charge in [0.2, 0.25) is 5.91 Å². The van der Waals surface area contributed by atoms with E-state index in [1.807, 2.05) is 17.1 Å². The Morgan fingerprint density at radius 1 is 1.46 bits per heavy atom. The maximum absolute atomic E-state index is 11.0. The first-order valence-corrected chi connectivity index (χ1v) is 4.11. The molecule has 0 bridgehead atoms. The summed E-state index contributed by atoms with van der Waals surface area (Å²) in [6.45, 7) is 3.88. The fraction of sp³-hybridized carbons (Fsp3) is 0.714. The van der Waals surface area contributed by atoms with E-state index < -0.39 is 11.9 Å². The van der Waals surface area contributed by atoms with Gasteiger partial charge in [0.1, 0.15) is 0 Å². The van der Waals surface area contributed by atoms with Crippen LogP contribution in [0, 0.1) is 0 Å². The van der Waals surface area contributed by atoms with E-state index in [0.717, 1.165) is 0 Å². The summed E-state index contributed by atoms with van der Waals surface area (Å²) in [5.74, 6) is -0.400. The van der Waals surface area contributed by atoms with Crippen LogP contribution < -0.4 is 16.8 Å². The average Bonchev–Trinajstić information content (AvgIpc) is 2.02. The third-order valence-corrected chi connectivity index (χ3v) is 1.52. The van der Waals surface area contributed by atoms with Crippen LogP contribution in [0.2, 0.25) is 0 Å². The van der Waals surface area contributed by atoms with Gasteiger partial charge in [0.15, 0.2) is 0 Å². The molecule has 0 atom stereocenters. The number of imide groups is 1. The molecule has 0 radical (unpaired) electrons. The molecular weight excluding hydrogens is 172 g/mol. The number of nitrogens with zero attached hydrogens (tertiary/aromatic N) is 1. The average molecular weight is 188 g/mol. The summed E-state index contributed by atoms with van der Waals surface area (Å²) in [5.41, 5.74) is 10.1. The second-order valence-corrected chi connectivity index (χ2v) is 2.57. The third-order valence-electron chi connectivity index (χ3n) is 1.52. The van der Waals surface area contributed by atoms with Crippen LogP contribution in [0.15, 0.2) is 0 Å². The summed E-state index contributed by atoms with van der Waals surface area (Å²) < 4.78 is 0. The Hall–Kier alpha value is -1.14. The molecule has 6 nitrogen and oxygen atoms in total. The molecule has 0 saturated heterocycles. The number of carbonyl (C=O) groups is 2. The molecule has 0 aromatic carbocycles. The summed E-state index contributed by atoms with van der Waals surface area (Å²) >= 11 is 0. The number of likely N-dealkylation sites (N-methyl/N-ethyl adjacent to an activating group) is 1. The number of hydrogen-bond acceptors (Lipinski definition) is 4. The number of carbonyl (C=O) groups excluding carboxylic acids is 2. The predicted molar refractivity (Wildman–Crippen MR) is 48.9 cm³/mol. The van der Waals surface area contributed by atoms with Crippen molar-refractivity contribution >= 4 is 11.9 Å². The van der Waals surface area contributed by atoms with Crippen molar-refractivity contribution in [1.82, 2.24) is 10.2 Å². The lowest BCUT2D eigenvalue weighted by molar-refractivity contribution is -0.121. The van der Waals surface area contributed by atoms with Gasteiger partial charge in [-0.25, -0.2) is 4.79 Å². The zero-order valence-corrected chi connectivity index (χ0v) is 7.75. The lowest BCUT2D eigenvalue weighted by atomic mass is 10.4. The Kier molecular flexibility index (Phi) is 5.82. The van der Waals surface area contributed by atoms with Crippen molar-refractivity contribution in [1.29, 1.82) is 0 Å². The van der Waals surface area contributed by atoms with Gasteiger partial charge in [-0.2, -0.15) is 0 Å². The largest absolute Gasteiger partial charge is 0.351 e. The Balaban J connectivity index is 3.79. The van der Waals surface area contributed by atoms with E-state index in [1.54, 1.807) is 0 Å². The molecular formula is C7H16N4O2. The van der Waals surface area contributed by atoms with Gasteiger partial charge >= 0.3 is 6.03 Å². The zero-order chi connectivity index (χ0) is 10.3. The molecule has 76 valence electrons. The fourth-order valence-corrected chi connectivity index (χ4v) is 0.912. The number of nitrogens with two attached hydrogens (primary N) is 2. The lowest BCUT2D eigenvalue weighted by Crippen LogP contribution is -2.43. The second kappa shape index (κ2) is 6.38. The van der Waals surface area contributed by atoms with Crippen molar-refractivity contribution in [3.8, 4) is 0 Å². The quantitative estimate of drug-likeness (QED) is 0.486. The van der Waals surface area contributed by atoms with Gasteiger partial charge in [-0.15, -0.1) is 0 Å². The zero-order valence-electron chi connectivity index (χ0n) is 7.75. The number of rotatable bonds is 5. The Bertz CT molecular complexity index is 183. The van der Waals surface area contributed by atoms with Crippen LogP contribution in [-0.2, 0) is 4.79 Å². The molecule has 13 heavy (non-hydrogen) atoms. The Morgan fingerprint density at radius 2 is 2.08 bits per heavy atom. The molecule has 0 heterocycles. The first-order valence-electron chi connectivity index (χ1n) is 4.11. The molecule has 5 N–H and O–H groups in total. The number of nitrogens with one attached hydrogen (secondary N) is 1. The van der Waals surface area contributed by atoms with E-state index in [0.29, 0.717) is 19.6 Å². The van der Waals surface area contributed by atoms with E-state index in [1.165, 1.54) is 0 Å². The molecule has 0 aliphatic rings. The van der Waals surface area contributed by atoms with E-state index in [2.05, 4.69) is 0 Å². The van der Waals surface area contributed by atoms with E-state index in [9.17, 15) is 9.59 Å². The maximum Gasteiger partial charge on any atom is 0.318 e.